The third-order valence-corrected chi connectivity index (χ3v) is 4.97. The third kappa shape index (κ3) is 4.38. The first-order valence-corrected chi connectivity index (χ1v) is 9.77. The number of carbonyl (C=O) groups is 1. The first kappa shape index (κ1) is 21.6. The Morgan fingerprint density at radius 3 is 2.31 bits per heavy atom. The van der Waals surface area contributed by atoms with E-state index in [1.807, 2.05) is 0 Å². The van der Waals surface area contributed by atoms with Gasteiger partial charge in [-0.1, -0.05) is 41.9 Å². The lowest BCUT2D eigenvalue weighted by atomic mass is 10.0. The average Bonchev–Trinajstić information content (AvgIpc) is 2.77. The third-order valence-electron chi connectivity index (χ3n) is 4.72. The van der Waals surface area contributed by atoms with E-state index < -0.39 is 22.9 Å². The molecule has 0 aliphatic heterocycles. The summed E-state index contributed by atoms with van der Waals surface area (Å²) in [6.07, 6.45) is -4.89. The van der Waals surface area contributed by atoms with Crippen LogP contribution in [0.25, 0.3) is 22.1 Å². The van der Waals surface area contributed by atoms with Crippen molar-refractivity contribution in [1.29, 1.82) is 0 Å². The number of Topliss-reactive ketones (excluding diaryl/α,β-unsaturated/α-hetero) is 1. The molecule has 4 rings (SSSR count). The van der Waals surface area contributed by atoms with E-state index in [2.05, 4.69) is 0 Å². The van der Waals surface area contributed by atoms with E-state index in [0.29, 0.717) is 10.6 Å². The number of hydrogen-bond donors (Lipinski definition) is 0. The maximum atomic E-state index is 13.7. The van der Waals surface area contributed by atoms with E-state index in [1.54, 1.807) is 18.2 Å². The Morgan fingerprint density at radius 1 is 0.969 bits per heavy atom. The summed E-state index contributed by atoms with van der Waals surface area (Å²) in [5, 5.41) is 0.440. The molecule has 0 saturated heterocycles. The van der Waals surface area contributed by atoms with E-state index in [-0.39, 0.29) is 34.7 Å². The van der Waals surface area contributed by atoms with Crippen LogP contribution in [0.4, 0.5) is 13.2 Å². The molecule has 0 amide bonds. The van der Waals surface area contributed by atoms with Crippen LogP contribution in [0.2, 0.25) is 5.02 Å². The van der Waals surface area contributed by atoms with E-state index in [4.69, 9.17) is 20.8 Å². The number of alkyl halides is 3. The summed E-state index contributed by atoms with van der Waals surface area (Å²) in [5.74, 6) is -1.65. The Labute approximate surface area is 184 Å². The molecule has 1 heterocycles. The van der Waals surface area contributed by atoms with Crippen LogP contribution >= 0.6 is 11.6 Å². The highest BCUT2D eigenvalue weighted by molar-refractivity contribution is 6.30. The van der Waals surface area contributed by atoms with Crippen molar-refractivity contribution in [2.24, 2.45) is 0 Å². The van der Waals surface area contributed by atoms with Crippen LogP contribution in [0.3, 0.4) is 0 Å². The number of carbonyl (C=O) groups excluding carboxylic acids is 1. The predicted molar refractivity (Wildman–Crippen MR) is 114 cm³/mol. The maximum Gasteiger partial charge on any atom is 0.450 e. The van der Waals surface area contributed by atoms with Gasteiger partial charge in [-0.2, -0.15) is 13.2 Å². The SMILES string of the molecule is O=C(COc1ccc2c(=O)c(-c3ccccc3)c(C(F)(F)F)oc2c1)c1ccc(Cl)cc1. The monoisotopic (exact) mass is 458 g/mol. The van der Waals surface area contributed by atoms with Crippen molar-refractivity contribution in [2.45, 2.75) is 6.18 Å². The maximum absolute atomic E-state index is 13.7. The lowest BCUT2D eigenvalue weighted by Crippen LogP contribution is -2.16. The first-order chi connectivity index (χ1) is 15.2. The van der Waals surface area contributed by atoms with Crippen molar-refractivity contribution in [3.63, 3.8) is 0 Å². The van der Waals surface area contributed by atoms with Gasteiger partial charge in [0, 0.05) is 16.7 Å². The standard InChI is InChI=1S/C24H14ClF3O4/c25-16-8-6-14(7-9-16)19(29)13-31-17-10-11-18-20(12-17)32-23(24(26,27)28)21(22(18)30)15-4-2-1-3-5-15/h1-12H,13H2. The van der Waals surface area contributed by atoms with Crippen molar-refractivity contribution in [3.8, 4) is 16.9 Å². The van der Waals surface area contributed by atoms with E-state index in [9.17, 15) is 22.8 Å². The van der Waals surface area contributed by atoms with Crippen LogP contribution in [-0.4, -0.2) is 12.4 Å². The van der Waals surface area contributed by atoms with E-state index in [1.165, 1.54) is 48.5 Å². The molecule has 8 heteroatoms. The summed E-state index contributed by atoms with van der Waals surface area (Å²) >= 11 is 5.79. The summed E-state index contributed by atoms with van der Waals surface area (Å²) in [6.45, 7) is -0.356. The number of benzene rings is 3. The lowest BCUT2D eigenvalue weighted by molar-refractivity contribution is -0.152. The Kier molecular flexibility index (Phi) is 5.76. The fraction of sp³-hybridized carbons (Fsp3) is 0.0833. The smallest absolute Gasteiger partial charge is 0.450 e. The molecule has 0 fully saturated rings. The van der Waals surface area contributed by atoms with Crippen molar-refractivity contribution < 1.29 is 27.1 Å². The summed E-state index contributed by atoms with van der Waals surface area (Å²) < 4.78 is 51.6. The molecule has 0 aliphatic rings. The molecule has 0 bridgehead atoms. The largest absolute Gasteiger partial charge is 0.485 e. The van der Waals surface area contributed by atoms with Gasteiger partial charge in [-0.25, -0.2) is 0 Å². The Morgan fingerprint density at radius 2 is 1.66 bits per heavy atom. The molecule has 162 valence electrons. The fourth-order valence-electron chi connectivity index (χ4n) is 3.20. The van der Waals surface area contributed by atoms with E-state index in [0.717, 1.165) is 6.07 Å². The molecule has 0 radical (unpaired) electrons. The molecule has 0 spiro atoms. The highest BCUT2D eigenvalue weighted by Crippen LogP contribution is 2.37. The van der Waals surface area contributed by atoms with Gasteiger partial charge in [0.25, 0.3) is 0 Å². The number of halogens is 4. The number of ether oxygens (including phenoxy) is 1. The highest BCUT2D eigenvalue weighted by atomic mass is 35.5. The molecule has 3 aromatic carbocycles. The van der Waals surface area contributed by atoms with Crippen LogP contribution < -0.4 is 10.2 Å². The number of ketones is 1. The minimum Gasteiger partial charge on any atom is -0.485 e. The number of hydrogen-bond acceptors (Lipinski definition) is 4. The summed E-state index contributed by atoms with van der Waals surface area (Å²) in [5.41, 5.74) is -1.19. The zero-order chi connectivity index (χ0) is 22.9. The van der Waals surface area contributed by atoms with Crippen molar-refractivity contribution >= 4 is 28.4 Å². The fourth-order valence-corrected chi connectivity index (χ4v) is 3.32. The molecular weight excluding hydrogens is 445 g/mol. The second-order valence-electron chi connectivity index (χ2n) is 6.88. The predicted octanol–water partition coefficient (Wildman–Crippen LogP) is 6.39. The Hall–Kier alpha value is -3.58. The van der Waals surface area contributed by atoms with Crippen molar-refractivity contribution in [2.75, 3.05) is 6.61 Å². The van der Waals surface area contributed by atoms with Gasteiger partial charge in [-0.3, -0.25) is 9.59 Å². The molecule has 0 saturated carbocycles. The molecule has 1 aromatic heterocycles. The summed E-state index contributed by atoms with van der Waals surface area (Å²) in [4.78, 5) is 25.2. The van der Waals surface area contributed by atoms with Crippen LogP contribution in [0.15, 0.2) is 82.0 Å². The quantitative estimate of drug-likeness (QED) is 0.325. The van der Waals surface area contributed by atoms with E-state index >= 15 is 0 Å². The first-order valence-electron chi connectivity index (χ1n) is 9.39. The second-order valence-corrected chi connectivity index (χ2v) is 7.31. The van der Waals surface area contributed by atoms with Crippen LogP contribution in [0.1, 0.15) is 16.1 Å². The Balaban J connectivity index is 1.70. The normalized spacial score (nSPS) is 11.5. The van der Waals surface area contributed by atoms with Gasteiger partial charge in [-0.05, 0) is 42.0 Å². The summed E-state index contributed by atoms with van der Waals surface area (Å²) in [6, 6.07) is 17.6. The topological polar surface area (TPSA) is 56.5 Å². The number of fused-ring (bicyclic) bond motifs is 1. The van der Waals surface area contributed by atoms with Gasteiger partial charge >= 0.3 is 6.18 Å². The molecule has 4 nitrogen and oxygen atoms in total. The summed E-state index contributed by atoms with van der Waals surface area (Å²) in [7, 11) is 0. The minimum absolute atomic E-state index is 0.0340. The molecular formula is C24H14ClF3O4. The zero-order valence-electron chi connectivity index (χ0n) is 16.3. The van der Waals surface area contributed by atoms with Crippen LogP contribution in [0.5, 0.6) is 5.75 Å². The van der Waals surface area contributed by atoms with Gasteiger partial charge in [0.2, 0.25) is 11.2 Å². The molecule has 0 atom stereocenters. The van der Waals surface area contributed by atoms with Gasteiger partial charge in [-0.15, -0.1) is 0 Å². The zero-order valence-corrected chi connectivity index (χ0v) is 17.0. The van der Waals surface area contributed by atoms with Gasteiger partial charge in [0.15, 0.2) is 12.4 Å². The minimum atomic E-state index is -4.89. The second kappa shape index (κ2) is 8.51. The van der Waals surface area contributed by atoms with Crippen molar-refractivity contribution in [3.05, 3.63) is 99.4 Å². The van der Waals surface area contributed by atoms with Gasteiger partial charge < -0.3 is 9.15 Å². The molecule has 4 aromatic rings. The van der Waals surface area contributed by atoms with Gasteiger partial charge in [0.05, 0.1) is 10.9 Å². The Bertz CT molecular complexity index is 1340. The molecule has 0 aliphatic carbocycles. The van der Waals surface area contributed by atoms with Gasteiger partial charge in [0.1, 0.15) is 11.3 Å². The van der Waals surface area contributed by atoms with Crippen LogP contribution in [-0.2, 0) is 6.18 Å². The van der Waals surface area contributed by atoms with Crippen molar-refractivity contribution in [1.82, 2.24) is 0 Å². The molecule has 0 N–H and O–H groups in total. The number of rotatable bonds is 5. The average molecular weight is 459 g/mol. The van der Waals surface area contributed by atoms with Crippen LogP contribution in [0, 0.1) is 0 Å². The molecule has 32 heavy (non-hydrogen) atoms. The molecule has 0 unspecified atom stereocenters. The lowest BCUT2D eigenvalue weighted by Gasteiger charge is -2.13. The highest BCUT2D eigenvalue weighted by Gasteiger charge is 2.39.